The lowest BCUT2D eigenvalue weighted by atomic mass is 10.2. The maximum Gasteiger partial charge on any atom is 0.192 e. The first-order valence-electron chi connectivity index (χ1n) is 4.71. The summed E-state index contributed by atoms with van der Waals surface area (Å²) in [5, 5.41) is 0. The molecule has 2 aromatic rings. The number of benzene rings is 1. The molecule has 0 radical (unpaired) electrons. The van der Waals surface area contributed by atoms with Gasteiger partial charge >= 0.3 is 0 Å². The Morgan fingerprint density at radius 1 is 1.47 bits per heavy atom. The van der Waals surface area contributed by atoms with Gasteiger partial charge in [0.2, 0.25) is 0 Å². The number of aryl methyl sites for hydroxylation is 1. The third kappa shape index (κ3) is 2.31. The van der Waals surface area contributed by atoms with Crippen LogP contribution in [0.3, 0.4) is 0 Å². The van der Waals surface area contributed by atoms with Crippen molar-refractivity contribution in [3.63, 3.8) is 0 Å². The maximum atomic E-state index is 5.54. The van der Waals surface area contributed by atoms with Crippen LogP contribution < -0.4 is 0 Å². The van der Waals surface area contributed by atoms with Gasteiger partial charge < -0.3 is 4.42 Å². The van der Waals surface area contributed by atoms with Crippen LogP contribution in [0, 0.1) is 18.8 Å². The quantitative estimate of drug-likeness (QED) is 0.544. The molecule has 0 saturated carbocycles. The number of hydrogen-bond acceptors (Lipinski definition) is 2. The average molecular weight is 220 g/mol. The minimum absolute atomic E-state index is 0.568. The van der Waals surface area contributed by atoms with Gasteiger partial charge in [-0.25, -0.2) is 4.98 Å². The Morgan fingerprint density at radius 3 is 3.13 bits per heavy atom. The van der Waals surface area contributed by atoms with Gasteiger partial charge in [0, 0.05) is 24.8 Å². The average Bonchev–Trinajstić information content (AvgIpc) is 2.57. The van der Waals surface area contributed by atoms with Gasteiger partial charge in [0.25, 0.3) is 0 Å². The summed E-state index contributed by atoms with van der Waals surface area (Å²) in [4.78, 5) is 4.24. The van der Waals surface area contributed by atoms with Gasteiger partial charge in [0.15, 0.2) is 11.5 Å². The summed E-state index contributed by atoms with van der Waals surface area (Å²) >= 11 is 5.54. The predicted octanol–water partition coefficient (Wildman–Crippen LogP) is 3.12. The molecule has 0 fully saturated rings. The Morgan fingerprint density at radius 2 is 2.33 bits per heavy atom. The number of oxazole rings is 1. The van der Waals surface area contributed by atoms with Crippen molar-refractivity contribution in [3.8, 4) is 11.8 Å². The molecule has 2 nitrogen and oxygen atoms in total. The highest BCUT2D eigenvalue weighted by Crippen LogP contribution is 2.16. The summed E-state index contributed by atoms with van der Waals surface area (Å²) in [6.45, 7) is 1.83. The normalized spacial score (nSPS) is 10.0. The molecule has 0 unspecified atom stereocenters. The molecule has 0 aliphatic carbocycles. The second-order valence-electron chi connectivity index (χ2n) is 3.16. The highest BCUT2D eigenvalue weighted by Gasteiger charge is 2.01. The number of alkyl halides is 1. The second kappa shape index (κ2) is 4.37. The smallest absolute Gasteiger partial charge is 0.192 e. The van der Waals surface area contributed by atoms with E-state index in [4.69, 9.17) is 16.0 Å². The van der Waals surface area contributed by atoms with Crippen LogP contribution in [-0.4, -0.2) is 10.9 Å². The molecule has 0 spiro atoms. The largest absolute Gasteiger partial charge is 0.441 e. The van der Waals surface area contributed by atoms with Gasteiger partial charge in [0.1, 0.15) is 5.52 Å². The zero-order chi connectivity index (χ0) is 10.7. The van der Waals surface area contributed by atoms with E-state index in [1.54, 1.807) is 0 Å². The summed E-state index contributed by atoms with van der Waals surface area (Å²) in [7, 11) is 0. The first kappa shape index (κ1) is 10.1. The van der Waals surface area contributed by atoms with E-state index in [0.717, 1.165) is 16.7 Å². The molecule has 15 heavy (non-hydrogen) atoms. The highest BCUT2D eigenvalue weighted by atomic mass is 35.5. The molecule has 3 heteroatoms. The van der Waals surface area contributed by atoms with Gasteiger partial charge in [0.05, 0.1) is 0 Å². The van der Waals surface area contributed by atoms with E-state index in [-0.39, 0.29) is 0 Å². The number of aromatic nitrogens is 1. The van der Waals surface area contributed by atoms with Crippen LogP contribution in [0.4, 0.5) is 0 Å². The molecular weight excluding hydrogens is 210 g/mol. The molecule has 0 amide bonds. The molecule has 0 aliphatic heterocycles. The number of rotatable bonds is 1. The Bertz CT molecular complexity index is 533. The van der Waals surface area contributed by atoms with E-state index in [0.29, 0.717) is 18.2 Å². The van der Waals surface area contributed by atoms with E-state index in [2.05, 4.69) is 16.8 Å². The van der Waals surface area contributed by atoms with Crippen molar-refractivity contribution in [1.29, 1.82) is 0 Å². The molecule has 0 bridgehead atoms. The molecule has 0 saturated heterocycles. The number of halogens is 1. The zero-order valence-corrected chi connectivity index (χ0v) is 9.14. The van der Waals surface area contributed by atoms with Crippen molar-refractivity contribution in [3.05, 3.63) is 29.7 Å². The molecular formula is C12H10ClNO. The van der Waals surface area contributed by atoms with E-state index >= 15 is 0 Å². The first-order chi connectivity index (χ1) is 7.29. The van der Waals surface area contributed by atoms with Gasteiger partial charge in [-0.15, -0.1) is 11.6 Å². The Kier molecular flexibility index (Phi) is 2.94. The van der Waals surface area contributed by atoms with Gasteiger partial charge in [-0.1, -0.05) is 11.8 Å². The summed E-state index contributed by atoms with van der Waals surface area (Å²) in [5.74, 6) is 7.26. The van der Waals surface area contributed by atoms with E-state index in [9.17, 15) is 0 Å². The van der Waals surface area contributed by atoms with Crippen molar-refractivity contribution < 1.29 is 4.42 Å². The lowest BCUT2D eigenvalue weighted by Gasteiger charge is -1.88. The summed E-state index contributed by atoms with van der Waals surface area (Å²) in [6, 6.07) is 5.74. The fraction of sp³-hybridized carbons (Fsp3) is 0.250. The van der Waals surface area contributed by atoms with Crippen LogP contribution in [0.5, 0.6) is 0 Å². The maximum absolute atomic E-state index is 5.54. The Hall–Kier alpha value is -1.46. The molecule has 0 aliphatic rings. The van der Waals surface area contributed by atoms with Crippen molar-refractivity contribution >= 4 is 22.7 Å². The van der Waals surface area contributed by atoms with E-state index in [1.165, 1.54) is 0 Å². The van der Waals surface area contributed by atoms with Crippen LogP contribution in [0.15, 0.2) is 22.6 Å². The van der Waals surface area contributed by atoms with E-state index < -0.39 is 0 Å². The minimum Gasteiger partial charge on any atom is -0.441 e. The van der Waals surface area contributed by atoms with E-state index in [1.807, 2.05) is 25.1 Å². The van der Waals surface area contributed by atoms with Gasteiger partial charge in [-0.2, -0.15) is 0 Å². The summed E-state index contributed by atoms with van der Waals surface area (Å²) < 4.78 is 5.37. The Labute approximate surface area is 93.3 Å². The highest BCUT2D eigenvalue weighted by molar-refractivity contribution is 6.18. The fourth-order valence-electron chi connectivity index (χ4n) is 1.33. The monoisotopic (exact) mass is 219 g/mol. The number of hydrogen-bond donors (Lipinski definition) is 0. The third-order valence-corrected chi connectivity index (χ3v) is 2.14. The lowest BCUT2D eigenvalue weighted by Crippen LogP contribution is -1.75. The number of fused-ring (bicyclic) bond motifs is 1. The van der Waals surface area contributed by atoms with Crippen molar-refractivity contribution in [2.75, 3.05) is 5.88 Å². The minimum atomic E-state index is 0.568. The summed E-state index contributed by atoms with van der Waals surface area (Å²) in [6.07, 6.45) is 0.706. The van der Waals surface area contributed by atoms with Crippen molar-refractivity contribution in [1.82, 2.24) is 4.98 Å². The molecule has 2 rings (SSSR count). The molecule has 1 aromatic heterocycles. The molecule has 76 valence electrons. The Balaban J connectivity index is 2.35. The summed E-state index contributed by atoms with van der Waals surface area (Å²) in [5.41, 5.74) is 2.60. The molecule has 1 aromatic carbocycles. The first-order valence-corrected chi connectivity index (χ1v) is 5.25. The third-order valence-electron chi connectivity index (χ3n) is 1.95. The van der Waals surface area contributed by atoms with Crippen LogP contribution in [0.25, 0.3) is 11.1 Å². The van der Waals surface area contributed by atoms with Crippen LogP contribution in [-0.2, 0) is 0 Å². The second-order valence-corrected chi connectivity index (χ2v) is 3.53. The fourth-order valence-corrected chi connectivity index (χ4v) is 1.43. The van der Waals surface area contributed by atoms with Crippen LogP contribution in [0.2, 0.25) is 0 Å². The molecule has 0 atom stereocenters. The lowest BCUT2D eigenvalue weighted by molar-refractivity contribution is 0.561. The van der Waals surface area contributed by atoms with Gasteiger partial charge in [-0.05, 0) is 18.2 Å². The SMILES string of the molecule is Cc1nc2cc(C#CCCCl)ccc2o1. The molecule has 0 N–H and O–H groups in total. The standard InChI is InChI=1S/C12H10ClNO/c1-9-14-11-8-10(4-2-3-7-13)5-6-12(11)15-9/h5-6,8H,3,7H2,1H3. The van der Waals surface area contributed by atoms with Crippen molar-refractivity contribution in [2.24, 2.45) is 0 Å². The van der Waals surface area contributed by atoms with Gasteiger partial charge in [-0.3, -0.25) is 0 Å². The molecule has 1 heterocycles. The number of nitrogens with zero attached hydrogens (tertiary/aromatic N) is 1. The van der Waals surface area contributed by atoms with Crippen LogP contribution >= 0.6 is 11.6 Å². The zero-order valence-electron chi connectivity index (χ0n) is 8.38. The predicted molar refractivity (Wildman–Crippen MR) is 61.0 cm³/mol. The van der Waals surface area contributed by atoms with Crippen molar-refractivity contribution in [2.45, 2.75) is 13.3 Å². The van der Waals surface area contributed by atoms with Crippen LogP contribution in [0.1, 0.15) is 17.9 Å². The topological polar surface area (TPSA) is 26.0 Å².